The third-order valence-electron chi connectivity index (χ3n) is 5.48. The molecule has 1 amide bonds. The van der Waals surface area contributed by atoms with Gasteiger partial charge in [-0.1, -0.05) is 12.8 Å². The molecule has 2 atom stereocenters. The van der Waals surface area contributed by atoms with E-state index in [1.165, 1.54) is 0 Å². The number of pyridine rings is 1. The van der Waals surface area contributed by atoms with Crippen molar-refractivity contribution in [2.24, 2.45) is 0 Å². The van der Waals surface area contributed by atoms with Gasteiger partial charge in [-0.3, -0.25) is 9.78 Å². The van der Waals surface area contributed by atoms with Crippen LogP contribution in [-0.2, 0) is 17.8 Å². The van der Waals surface area contributed by atoms with Crippen LogP contribution in [0.3, 0.4) is 0 Å². The van der Waals surface area contributed by atoms with E-state index in [4.69, 9.17) is 9.97 Å². The van der Waals surface area contributed by atoms with Gasteiger partial charge < -0.3 is 15.3 Å². The third-order valence-corrected chi connectivity index (χ3v) is 5.48. The number of nitrogens with zero attached hydrogens (tertiary/aromatic N) is 4. The number of aliphatic hydroxyl groups is 1. The van der Waals surface area contributed by atoms with Crippen molar-refractivity contribution in [3.05, 3.63) is 35.8 Å². The van der Waals surface area contributed by atoms with Crippen LogP contribution in [0.15, 0.2) is 24.5 Å². The Bertz CT molecular complexity index is 827. The van der Waals surface area contributed by atoms with E-state index in [1.54, 1.807) is 19.3 Å². The zero-order valence-electron chi connectivity index (χ0n) is 15.6. The molecule has 2 N–H and O–H groups in total. The zero-order valence-corrected chi connectivity index (χ0v) is 15.6. The van der Waals surface area contributed by atoms with E-state index in [9.17, 15) is 9.90 Å². The third kappa shape index (κ3) is 3.78. The minimum absolute atomic E-state index is 0.00494. The van der Waals surface area contributed by atoms with Crippen LogP contribution in [0.4, 0.5) is 5.82 Å². The first kappa shape index (κ1) is 17.9. The highest BCUT2D eigenvalue weighted by Crippen LogP contribution is 2.29. The van der Waals surface area contributed by atoms with Gasteiger partial charge >= 0.3 is 0 Å². The number of anilines is 1. The molecule has 2 aliphatic rings. The second kappa shape index (κ2) is 7.60. The number of hydrogen-bond donors (Lipinski definition) is 2. The van der Waals surface area contributed by atoms with Gasteiger partial charge in [-0.2, -0.15) is 0 Å². The zero-order chi connectivity index (χ0) is 18.8. The first-order chi connectivity index (χ1) is 13.1. The minimum Gasteiger partial charge on any atom is -0.391 e. The molecular formula is C20H25N5O2. The van der Waals surface area contributed by atoms with E-state index in [0.29, 0.717) is 25.3 Å². The number of carbonyl (C=O) groups excluding carboxylic acids is 1. The first-order valence-electron chi connectivity index (χ1n) is 9.62. The molecule has 0 radical (unpaired) electrons. The van der Waals surface area contributed by atoms with Gasteiger partial charge in [0.2, 0.25) is 5.91 Å². The summed E-state index contributed by atoms with van der Waals surface area (Å²) in [4.78, 5) is 27.3. The summed E-state index contributed by atoms with van der Waals surface area (Å²) in [6.07, 6.45) is 7.74. The van der Waals surface area contributed by atoms with Crippen molar-refractivity contribution < 1.29 is 9.90 Å². The Kier molecular flexibility index (Phi) is 5.03. The number of fused-ring (bicyclic) bond motifs is 1. The monoisotopic (exact) mass is 367 g/mol. The van der Waals surface area contributed by atoms with Gasteiger partial charge in [-0.25, -0.2) is 9.97 Å². The molecule has 0 saturated heterocycles. The first-order valence-corrected chi connectivity index (χ1v) is 9.62. The van der Waals surface area contributed by atoms with Crippen molar-refractivity contribution in [2.75, 3.05) is 11.9 Å². The molecule has 0 unspecified atom stereocenters. The van der Waals surface area contributed by atoms with Crippen LogP contribution < -0.4 is 5.32 Å². The molecule has 27 heavy (non-hydrogen) atoms. The lowest BCUT2D eigenvalue weighted by Crippen LogP contribution is -2.39. The molecule has 1 saturated carbocycles. The summed E-state index contributed by atoms with van der Waals surface area (Å²) in [7, 11) is 0. The van der Waals surface area contributed by atoms with E-state index in [-0.39, 0.29) is 18.1 Å². The summed E-state index contributed by atoms with van der Waals surface area (Å²) < 4.78 is 0. The summed E-state index contributed by atoms with van der Waals surface area (Å²) >= 11 is 0. The van der Waals surface area contributed by atoms with Gasteiger partial charge in [-0.05, 0) is 31.4 Å². The predicted octanol–water partition coefficient (Wildman–Crippen LogP) is 2.16. The molecule has 3 heterocycles. The van der Waals surface area contributed by atoms with Gasteiger partial charge in [0.05, 0.1) is 24.4 Å². The van der Waals surface area contributed by atoms with Gasteiger partial charge in [0.15, 0.2) is 5.82 Å². The van der Waals surface area contributed by atoms with Crippen LogP contribution in [0.1, 0.15) is 43.9 Å². The van der Waals surface area contributed by atoms with Crippen molar-refractivity contribution in [2.45, 2.75) is 57.7 Å². The molecule has 7 nitrogen and oxygen atoms in total. The second-order valence-electron chi connectivity index (χ2n) is 7.36. The number of aliphatic hydroxyl groups excluding tert-OH is 1. The van der Waals surface area contributed by atoms with Crippen molar-refractivity contribution in [1.29, 1.82) is 0 Å². The highest BCUT2D eigenvalue weighted by atomic mass is 16.3. The van der Waals surface area contributed by atoms with E-state index >= 15 is 0 Å². The fourth-order valence-electron chi connectivity index (χ4n) is 3.90. The van der Waals surface area contributed by atoms with Crippen molar-refractivity contribution in [1.82, 2.24) is 19.9 Å². The minimum atomic E-state index is -0.358. The van der Waals surface area contributed by atoms with Gasteiger partial charge in [0.1, 0.15) is 5.82 Å². The van der Waals surface area contributed by atoms with Crippen molar-refractivity contribution in [3.8, 4) is 11.4 Å². The van der Waals surface area contributed by atoms with Gasteiger partial charge in [0.25, 0.3) is 0 Å². The number of carbonyl (C=O) groups is 1. The lowest BCUT2D eigenvalue weighted by Gasteiger charge is -2.32. The maximum absolute atomic E-state index is 11.8. The van der Waals surface area contributed by atoms with Crippen molar-refractivity contribution >= 4 is 11.7 Å². The molecule has 1 aliphatic heterocycles. The lowest BCUT2D eigenvalue weighted by atomic mass is 9.92. The van der Waals surface area contributed by atoms with Crippen LogP contribution in [0.2, 0.25) is 0 Å². The largest absolute Gasteiger partial charge is 0.391 e. The Labute approximate surface area is 158 Å². The maximum atomic E-state index is 11.8. The van der Waals surface area contributed by atoms with Crippen LogP contribution in [0.25, 0.3) is 11.4 Å². The number of aromatic nitrogens is 3. The summed E-state index contributed by atoms with van der Waals surface area (Å²) in [6, 6.07) is 3.79. The Balaban J connectivity index is 1.72. The van der Waals surface area contributed by atoms with Crippen LogP contribution >= 0.6 is 0 Å². The fraction of sp³-hybridized carbons (Fsp3) is 0.500. The van der Waals surface area contributed by atoms with Crippen molar-refractivity contribution in [3.63, 3.8) is 0 Å². The predicted molar refractivity (Wildman–Crippen MR) is 102 cm³/mol. The Hall–Kier alpha value is -2.54. The molecular weight excluding hydrogens is 342 g/mol. The topological polar surface area (TPSA) is 91.2 Å². The molecule has 142 valence electrons. The van der Waals surface area contributed by atoms with Gasteiger partial charge in [-0.15, -0.1) is 0 Å². The Morgan fingerprint density at radius 2 is 2.15 bits per heavy atom. The number of nitrogens with one attached hydrogen (secondary N) is 1. The average Bonchev–Trinajstić information content (AvgIpc) is 2.69. The fourth-order valence-corrected chi connectivity index (χ4v) is 3.90. The van der Waals surface area contributed by atoms with E-state index in [2.05, 4.69) is 10.3 Å². The maximum Gasteiger partial charge on any atom is 0.219 e. The molecule has 2 aromatic heterocycles. The van der Waals surface area contributed by atoms with Crippen LogP contribution in [0, 0.1) is 0 Å². The SMILES string of the molecule is CC(=O)N1CCc2c(nc(-c3cccnc3)nc2N[C@@H]2CCCC[C@H]2O)C1. The average molecular weight is 367 g/mol. The molecule has 0 bridgehead atoms. The number of amides is 1. The molecule has 7 heteroatoms. The quantitative estimate of drug-likeness (QED) is 0.864. The number of rotatable bonds is 3. The normalized spacial score (nSPS) is 22.2. The standard InChI is InChI=1S/C20H25N5O2/c1-13(26)25-10-8-15-17(12-25)23-19(14-5-4-9-21-11-14)24-20(15)22-16-6-2-3-7-18(16)27/h4-5,9,11,16,18,27H,2-3,6-8,10,12H2,1H3,(H,22,23,24)/t16-,18-/m1/s1. The summed E-state index contributed by atoms with van der Waals surface area (Å²) in [6.45, 7) is 2.74. The number of hydrogen-bond acceptors (Lipinski definition) is 6. The van der Waals surface area contributed by atoms with E-state index in [1.807, 2.05) is 17.0 Å². The molecule has 0 spiro atoms. The summed E-state index contributed by atoms with van der Waals surface area (Å²) in [5.74, 6) is 1.44. The van der Waals surface area contributed by atoms with Crippen LogP contribution in [-0.4, -0.2) is 49.6 Å². The van der Waals surface area contributed by atoms with E-state index in [0.717, 1.165) is 48.3 Å². The van der Waals surface area contributed by atoms with E-state index < -0.39 is 0 Å². The second-order valence-corrected chi connectivity index (χ2v) is 7.36. The van der Waals surface area contributed by atoms with Gasteiger partial charge in [0, 0.05) is 37.0 Å². The van der Waals surface area contributed by atoms with Crippen LogP contribution in [0.5, 0.6) is 0 Å². The molecule has 4 rings (SSSR count). The Morgan fingerprint density at radius 3 is 2.89 bits per heavy atom. The highest BCUT2D eigenvalue weighted by Gasteiger charge is 2.28. The smallest absolute Gasteiger partial charge is 0.219 e. The molecule has 2 aromatic rings. The highest BCUT2D eigenvalue weighted by molar-refractivity contribution is 5.74. The summed E-state index contributed by atoms with van der Waals surface area (Å²) in [5.41, 5.74) is 2.77. The molecule has 1 aliphatic carbocycles. The molecule has 1 fully saturated rings. The molecule has 0 aromatic carbocycles. The Morgan fingerprint density at radius 1 is 1.30 bits per heavy atom. The summed E-state index contributed by atoms with van der Waals surface area (Å²) in [5, 5.41) is 13.9. The lowest BCUT2D eigenvalue weighted by molar-refractivity contribution is -0.129.